The lowest BCUT2D eigenvalue weighted by atomic mass is 10.1. The standard InChI is InChI=1S/C15H13N3OS/c1-9-3-4-10-7-11(5-6-12(10)18-9)13-14(19-2)15(20)17-8-16-13/h3-8H,1-2H3,(H,16,17,20). The van der Waals surface area contributed by atoms with Gasteiger partial charge in [0, 0.05) is 16.6 Å². The summed E-state index contributed by atoms with van der Waals surface area (Å²) in [4.78, 5) is 11.6. The summed E-state index contributed by atoms with van der Waals surface area (Å²) in [6.07, 6.45) is 1.58. The van der Waals surface area contributed by atoms with Crippen LogP contribution in [0.3, 0.4) is 0 Å². The number of nitrogens with zero attached hydrogens (tertiary/aromatic N) is 2. The maximum atomic E-state index is 5.35. The summed E-state index contributed by atoms with van der Waals surface area (Å²) >= 11 is 5.18. The van der Waals surface area contributed by atoms with Crippen LogP contribution in [-0.4, -0.2) is 22.1 Å². The van der Waals surface area contributed by atoms with Crippen LogP contribution in [-0.2, 0) is 0 Å². The maximum absolute atomic E-state index is 5.35. The fourth-order valence-corrected chi connectivity index (χ4v) is 2.41. The molecule has 20 heavy (non-hydrogen) atoms. The monoisotopic (exact) mass is 283 g/mol. The van der Waals surface area contributed by atoms with Gasteiger partial charge in [-0.15, -0.1) is 0 Å². The van der Waals surface area contributed by atoms with E-state index in [2.05, 4.69) is 27.1 Å². The Bertz CT molecular complexity index is 842. The van der Waals surface area contributed by atoms with E-state index in [0.717, 1.165) is 27.9 Å². The molecular formula is C15H13N3OS. The molecule has 2 aromatic heterocycles. The van der Waals surface area contributed by atoms with Crippen molar-refractivity contribution in [3.8, 4) is 17.0 Å². The minimum absolute atomic E-state index is 0.448. The molecule has 1 N–H and O–H groups in total. The third-order valence-corrected chi connectivity index (χ3v) is 3.42. The van der Waals surface area contributed by atoms with E-state index in [-0.39, 0.29) is 0 Å². The molecule has 100 valence electrons. The lowest BCUT2D eigenvalue weighted by Gasteiger charge is -2.09. The Morgan fingerprint density at radius 3 is 2.85 bits per heavy atom. The minimum atomic E-state index is 0.448. The van der Waals surface area contributed by atoms with E-state index >= 15 is 0 Å². The molecule has 0 amide bonds. The second-order valence-electron chi connectivity index (χ2n) is 4.48. The SMILES string of the molecule is COc1c(-c2ccc3nc(C)ccc3c2)[nH]cnc1=S. The van der Waals surface area contributed by atoms with E-state index in [9.17, 15) is 0 Å². The first kappa shape index (κ1) is 12.7. The molecule has 4 nitrogen and oxygen atoms in total. The summed E-state index contributed by atoms with van der Waals surface area (Å²) in [5.74, 6) is 0.585. The number of hydrogen-bond acceptors (Lipinski definition) is 4. The van der Waals surface area contributed by atoms with Gasteiger partial charge in [0.25, 0.3) is 0 Å². The number of nitrogens with one attached hydrogen (secondary N) is 1. The third kappa shape index (κ3) is 2.16. The van der Waals surface area contributed by atoms with Crippen LogP contribution >= 0.6 is 12.2 Å². The van der Waals surface area contributed by atoms with Crippen molar-refractivity contribution in [1.82, 2.24) is 15.0 Å². The number of fused-ring (bicyclic) bond motifs is 1. The lowest BCUT2D eigenvalue weighted by Crippen LogP contribution is -1.94. The molecule has 0 aliphatic rings. The molecule has 0 aliphatic heterocycles. The van der Waals surface area contributed by atoms with Gasteiger partial charge < -0.3 is 9.72 Å². The highest BCUT2D eigenvalue weighted by Gasteiger charge is 2.09. The average molecular weight is 283 g/mol. The van der Waals surface area contributed by atoms with E-state index in [1.807, 2.05) is 25.1 Å². The maximum Gasteiger partial charge on any atom is 0.179 e. The van der Waals surface area contributed by atoms with E-state index < -0.39 is 0 Å². The Labute approximate surface area is 121 Å². The number of H-pyrrole nitrogens is 1. The zero-order valence-corrected chi connectivity index (χ0v) is 12.0. The molecule has 2 heterocycles. The highest BCUT2D eigenvalue weighted by Crippen LogP contribution is 2.29. The zero-order valence-electron chi connectivity index (χ0n) is 11.2. The largest absolute Gasteiger partial charge is 0.491 e. The van der Waals surface area contributed by atoms with Crippen LogP contribution in [0.5, 0.6) is 5.75 Å². The Balaban J connectivity index is 2.23. The van der Waals surface area contributed by atoms with Crippen LogP contribution in [0.1, 0.15) is 5.69 Å². The average Bonchev–Trinajstić information content (AvgIpc) is 2.46. The molecule has 0 unspecified atom stereocenters. The number of benzene rings is 1. The van der Waals surface area contributed by atoms with Gasteiger partial charge in [-0.2, -0.15) is 0 Å². The molecule has 0 spiro atoms. The smallest absolute Gasteiger partial charge is 0.179 e. The fraction of sp³-hybridized carbons (Fsp3) is 0.133. The Kier molecular flexibility index (Phi) is 3.20. The fourth-order valence-electron chi connectivity index (χ4n) is 2.17. The Morgan fingerprint density at radius 2 is 2.05 bits per heavy atom. The molecule has 0 atom stereocenters. The van der Waals surface area contributed by atoms with Crippen molar-refractivity contribution in [2.75, 3.05) is 7.11 Å². The molecule has 1 aromatic carbocycles. The van der Waals surface area contributed by atoms with Crippen LogP contribution in [0.2, 0.25) is 0 Å². The summed E-state index contributed by atoms with van der Waals surface area (Å²) < 4.78 is 5.80. The van der Waals surface area contributed by atoms with E-state index in [4.69, 9.17) is 17.0 Å². The van der Waals surface area contributed by atoms with Crippen molar-refractivity contribution in [2.24, 2.45) is 0 Å². The Morgan fingerprint density at radius 1 is 1.20 bits per heavy atom. The molecule has 0 radical (unpaired) electrons. The number of hydrogen-bond donors (Lipinski definition) is 1. The molecule has 3 aromatic rings. The van der Waals surface area contributed by atoms with E-state index in [1.165, 1.54) is 0 Å². The van der Waals surface area contributed by atoms with E-state index in [0.29, 0.717) is 10.4 Å². The van der Waals surface area contributed by atoms with Gasteiger partial charge in [-0.3, -0.25) is 4.98 Å². The molecule has 0 fully saturated rings. The van der Waals surface area contributed by atoms with Gasteiger partial charge in [-0.25, -0.2) is 4.98 Å². The minimum Gasteiger partial charge on any atom is -0.491 e. The third-order valence-electron chi connectivity index (χ3n) is 3.13. The van der Waals surface area contributed by atoms with Gasteiger partial charge in [-0.05, 0) is 25.1 Å². The number of aromatic amines is 1. The number of pyridine rings is 1. The normalized spacial score (nSPS) is 10.7. The van der Waals surface area contributed by atoms with Gasteiger partial charge in [0.05, 0.1) is 24.6 Å². The van der Waals surface area contributed by atoms with Gasteiger partial charge >= 0.3 is 0 Å². The van der Waals surface area contributed by atoms with Crippen LogP contribution < -0.4 is 4.74 Å². The van der Waals surface area contributed by atoms with Crippen LogP contribution in [0.25, 0.3) is 22.2 Å². The van der Waals surface area contributed by atoms with Gasteiger partial charge in [0.15, 0.2) is 10.4 Å². The lowest BCUT2D eigenvalue weighted by molar-refractivity contribution is 0.411. The highest BCUT2D eigenvalue weighted by atomic mass is 32.1. The number of methoxy groups -OCH3 is 1. The predicted molar refractivity (Wildman–Crippen MR) is 81.4 cm³/mol. The molecule has 0 bridgehead atoms. The molecular weight excluding hydrogens is 270 g/mol. The van der Waals surface area contributed by atoms with Gasteiger partial charge in [-0.1, -0.05) is 24.4 Å². The van der Waals surface area contributed by atoms with Crippen molar-refractivity contribution in [3.63, 3.8) is 0 Å². The van der Waals surface area contributed by atoms with Crippen molar-refractivity contribution in [2.45, 2.75) is 6.92 Å². The summed E-state index contributed by atoms with van der Waals surface area (Å²) in [6.45, 7) is 1.98. The summed E-state index contributed by atoms with van der Waals surface area (Å²) in [7, 11) is 1.59. The topological polar surface area (TPSA) is 50.8 Å². The summed E-state index contributed by atoms with van der Waals surface area (Å²) in [6, 6.07) is 10.1. The second kappa shape index (κ2) is 5.02. The number of aromatic nitrogens is 3. The van der Waals surface area contributed by atoms with Crippen LogP contribution in [0, 0.1) is 11.6 Å². The highest BCUT2D eigenvalue weighted by molar-refractivity contribution is 7.71. The number of rotatable bonds is 2. The molecule has 3 rings (SSSR count). The molecule has 0 saturated carbocycles. The number of ether oxygens (including phenoxy) is 1. The first-order valence-corrected chi connectivity index (χ1v) is 6.59. The second-order valence-corrected chi connectivity index (χ2v) is 4.86. The van der Waals surface area contributed by atoms with Gasteiger partial charge in [0.1, 0.15) is 0 Å². The zero-order chi connectivity index (χ0) is 14.1. The van der Waals surface area contributed by atoms with Crippen molar-refractivity contribution < 1.29 is 4.74 Å². The van der Waals surface area contributed by atoms with Gasteiger partial charge in [0.2, 0.25) is 0 Å². The quantitative estimate of drug-likeness (QED) is 0.729. The summed E-state index contributed by atoms with van der Waals surface area (Å²) in [5, 5.41) is 1.08. The van der Waals surface area contributed by atoms with Crippen LogP contribution in [0.15, 0.2) is 36.7 Å². The van der Waals surface area contributed by atoms with Crippen molar-refractivity contribution in [3.05, 3.63) is 47.0 Å². The first-order valence-electron chi connectivity index (χ1n) is 6.18. The predicted octanol–water partition coefficient (Wildman–Crippen LogP) is 3.67. The van der Waals surface area contributed by atoms with Crippen molar-refractivity contribution >= 4 is 23.1 Å². The van der Waals surface area contributed by atoms with Crippen molar-refractivity contribution in [1.29, 1.82) is 0 Å². The number of aryl methyl sites for hydroxylation is 1. The van der Waals surface area contributed by atoms with E-state index in [1.54, 1.807) is 13.4 Å². The first-order chi connectivity index (χ1) is 9.69. The molecule has 0 aliphatic carbocycles. The molecule has 5 heteroatoms. The van der Waals surface area contributed by atoms with Crippen LogP contribution in [0.4, 0.5) is 0 Å². The molecule has 0 saturated heterocycles. The Hall–Kier alpha value is -2.27. The summed E-state index contributed by atoms with van der Waals surface area (Å²) in [5.41, 5.74) is 3.80.